The first kappa shape index (κ1) is 18.7. The minimum Gasteiger partial charge on any atom is -0.504 e. The first-order chi connectivity index (χ1) is 14.1. The largest absolute Gasteiger partial charge is 0.504 e. The van der Waals surface area contributed by atoms with Crippen LogP contribution in [0.15, 0.2) is 91.0 Å². The van der Waals surface area contributed by atoms with E-state index in [4.69, 9.17) is 0 Å². The van der Waals surface area contributed by atoms with Crippen molar-refractivity contribution in [2.24, 2.45) is 0 Å². The van der Waals surface area contributed by atoms with Crippen molar-refractivity contribution in [1.29, 1.82) is 0 Å². The lowest BCUT2D eigenvalue weighted by Gasteiger charge is -2.37. The highest BCUT2D eigenvalue weighted by atomic mass is 16.3. The summed E-state index contributed by atoms with van der Waals surface area (Å²) in [5.41, 5.74) is 3.61. The summed E-state index contributed by atoms with van der Waals surface area (Å²) in [5.74, 6) is 0.592. The van der Waals surface area contributed by atoms with E-state index in [2.05, 4.69) is 51.7 Å². The van der Waals surface area contributed by atoms with Crippen molar-refractivity contribution in [3.63, 3.8) is 0 Å². The lowest BCUT2D eigenvalue weighted by Crippen LogP contribution is -2.38. The van der Waals surface area contributed by atoms with Crippen molar-refractivity contribution in [3.8, 4) is 5.75 Å². The van der Waals surface area contributed by atoms with Crippen LogP contribution in [0.3, 0.4) is 0 Å². The van der Waals surface area contributed by atoms with Gasteiger partial charge < -0.3 is 10.4 Å². The highest BCUT2D eigenvalue weighted by Gasteiger charge is 2.37. The SMILES string of the molecule is Cc1nc(NC(c2ccccc2)(c2ccccc2)c2ccccc2)nc(C)c1O. The van der Waals surface area contributed by atoms with Gasteiger partial charge in [0.2, 0.25) is 5.95 Å². The first-order valence-electron chi connectivity index (χ1n) is 9.60. The Morgan fingerprint density at radius 2 is 0.966 bits per heavy atom. The van der Waals surface area contributed by atoms with Crippen molar-refractivity contribution >= 4 is 5.95 Å². The number of aryl methyl sites for hydroxylation is 2. The third-order valence-electron chi connectivity index (χ3n) is 5.15. The number of rotatable bonds is 5. The quantitative estimate of drug-likeness (QED) is 0.466. The second kappa shape index (κ2) is 7.76. The Morgan fingerprint density at radius 3 is 1.31 bits per heavy atom. The number of benzene rings is 3. The number of aromatic hydroxyl groups is 1. The Hall–Kier alpha value is -3.66. The molecular weight excluding hydrogens is 358 g/mol. The standard InChI is InChI=1S/C25H23N3O/c1-18-23(29)19(2)27-24(26-18)28-25(20-12-6-3-7-13-20,21-14-8-4-9-15-21)22-16-10-5-11-17-22/h3-17,29H,1-2H3,(H,26,27,28). The minimum atomic E-state index is -0.695. The molecular formula is C25H23N3O. The Kier molecular flexibility index (Phi) is 5.00. The van der Waals surface area contributed by atoms with Crippen LogP contribution in [0, 0.1) is 13.8 Å². The number of nitrogens with one attached hydrogen (secondary N) is 1. The van der Waals surface area contributed by atoms with Crippen molar-refractivity contribution < 1.29 is 5.11 Å². The third kappa shape index (κ3) is 3.45. The van der Waals surface area contributed by atoms with E-state index < -0.39 is 5.54 Å². The van der Waals surface area contributed by atoms with Gasteiger partial charge >= 0.3 is 0 Å². The molecule has 4 rings (SSSR count). The maximum absolute atomic E-state index is 10.1. The van der Waals surface area contributed by atoms with Crippen LogP contribution in [0.4, 0.5) is 5.95 Å². The molecule has 1 aromatic heterocycles. The van der Waals surface area contributed by atoms with E-state index in [1.807, 2.05) is 54.6 Å². The second-order valence-electron chi connectivity index (χ2n) is 7.04. The van der Waals surface area contributed by atoms with E-state index in [1.165, 1.54) is 0 Å². The van der Waals surface area contributed by atoms with Gasteiger partial charge in [0.1, 0.15) is 5.54 Å². The monoisotopic (exact) mass is 381 g/mol. The fourth-order valence-corrected chi connectivity index (χ4v) is 3.71. The summed E-state index contributed by atoms with van der Waals surface area (Å²) in [6.07, 6.45) is 0. The van der Waals surface area contributed by atoms with Gasteiger partial charge in [-0.05, 0) is 30.5 Å². The fourth-order valence-electron chi connectivity index (χ4n) is 3.71. The van der Waals surface area contributed by atoms with Gasteiger partial charge in [0.05, 0.1) is 11.4 Å². The summed E-state index contributed by atoms with van der Waals surface area (Å²) in [6.45, 7) is 3.56. The molecule has 4 heteroatoms. The molecule has 4 aromatic rings. The van der Waals surface area contributed by atoms with Gasteiger partial charge in [-0.1, -0.05) is 91.0 Å². The fraction of sp³-hybridized carbons (Fsp3) is 0.120. The molecule has 0 radical (unpaired) electrons. The molecule has 3 aromatic carbocycles. The van der Waals surface area contributed by atoms with Crippen LogP contribution in [0.5, 0.6) is 5.75 Å². The second-order valence-corrected chi connectivity index (χ2v) is 7.04. The molecule has 1 heterocycles. The van der Waals surface area contributed by atoms with Crippen molar-refractivity contribution in [2.75, 3.05) is 5.32 Å². The lowest BCUT2D eigenvalue weighted by atomic mass is 9.77. The number of nitrogens with zero attached hydrogens (tertiary/aromatic N) is 2. The van der Waals surface area contributed by atoms with Crippen molar-refractivity contribution in [3.05, 3.63) is 119 Å². The molecule has 0 spiro atoms. The summed E-state index contributed by atoms with van der Waals surface area (Å²) < 4.78 is 0. The van der Waals surface area contributed by atoms with Crippen LogP contribution in [0.2, 0.25) is 0 Å². The molecule has 0 amide bonds. The highest BCUT2D eigenvalue weighted by Crippen LogP contribution is 2.39. The number of anilines is 1. The summed E-state index contributed by atoms with van der Waals surface area (Å²) in [5, 5.41) is 13.7. The molecule has 0 saturated heterocycles. The van der Waals surface area contributed by atoms with Crippen LogP contribution in [0.25, 0.3) is 0 Å². The summed E-state index contributed by atoms with van der Waals surface area (Å²) in [4.78, 5) is 9.05. The van der Waals surface area contributed by atoms with E-state index in [1.54, 1.807) is 13.8 Å². The molecule has 29 heavy (non-hydrogen) atoms. The molecule has 0 atom stereocenters. The molecule has 4 nitrogen and oxygen atoms in total. The lowest BCUT2D eigenvalue weighted by molar-refractivity contribution is 0.459. The Labute approximate surface area is 170 Å². The molecule has 144 valence electrons. The van der Waals surface area contributed by atoms with Gasteiger partial charge in [-0.3, -0.25) is 0 Å². The minimum absolute atomic E-state index is 0.125. The zero-order chi connectivity index (χ0) is 20.3. The smallest absolute Gasteiger partial charge is 0.224 e. The Balaban J connectivity index is 2.00. The summed E-state index contributed by atoms with van der Waals surface area (Å²) in [7, 11) is 0. The van der Waals surface area contributed by atoms with Crippen LogP contribution >= 0.6 is 0 Å². The Morgan fingerprint density at radius 1 is 0.621 bits per heavy atom. The zero-order valence-corrected chi connectivity index (χ0v) is 16.5. The van der Waals surface area contributed by atoms with E-state index in [0.717, 1.165) is 16.7 Å². The molecule has 0 fully saturated rings. The van der Waals surface area contributed by atoms with Crippen molar-refractivity contribution in [1.82, 2.24) is 9.97 Å². The maximum atomic E-state index is 10.1. The van der Waals surface area contributed by atoms with E-state index >= 15 is 0 Å². The average molecular weight is 381 g/mol. The number of aromatic nitrogens is 2. The predicted molar refractivity (Wildman–Crippen MR) is 116 cm³/mol. The topological polar surface area (TPSA) is 58.0 Å². The molecule has 2 N–H and O–H groups in total. The normalized spacial score (nSPS) is 11.2. The van der Waals surface area contributed by atoms with E-state index in [-0.39, 0.29) is 5.75 Å². The summed E-state index contributed by atoms with van der Waals surface area (Å²) >= 11 is 0. The number of hydrogen-bond acceptors (Lipinski definition) is 4. The molecule has 0 aliphatic carbocycles. The van der Waals surface area contributed by atoms with Crippen LogP contribution in [0.1, 0.15) is 28.1 Å². The molecule has 0 saturated carbocycles. The highest BCUT2D eigenvalue weighted by molar-refractivity contribution is 5.57. The van der Waals surface area contributed by atoms with Crippen molar-refractivity contribution in [2.45, 2.75) is 19.4 Å². The van der Waals surface area contributed by atoms with Crippen LogP contribution in [-0.2, 0) is 5.54 Å². The van der Waals surface area contributed by atoms with Gasteiger partial charge in [-0.15, -0.1) is 0 Å². The predicted octanol–water partition coefficient (Wildman–Crippen LogP) is 5.20. The van der Waals surface area contributed by atoms with Crippen LogP contribution in [-0.4, -0.2) is 15.1 Å². The third-order valence-corrected chi connectivity index (χ3v) is 5.15. The molecule has 0 aliphatic heterocycles. The van der Waals surface area contributed by atoms with E-state index in [9.17, 15) is 5.11 Å². The van der Waals surface area contributed by atoms with E-state index in [0.29, 0.717) is 17.3 Å². The van der Waals surface area contributed by atoms with Gasteiger partial charge in [-0.2, -0.15) is 0 Å². The van der Waals surface area contributed by atoms with Gasteiger partial charge in [-0.25, -0.2) is 9.97 Å². The zero-order valence-electron chi connectivity index (χ0n) is 16.5. The maximum Gasteiger partial charge on any atom is 0.224 e. The van der Waals surface area contributed by atoms with Gasteiger partial charge in [0.15, 0.2) is 5.75 Å². The first-order valence-corrected chi connectivity index (χ1v) is 9.60. The molecule has 0 aliphatic rings. The molecule has 0 bridgehead atoms. The van der Waals surface area contributed by atoms with Gasteiger partial charge in [0.25, 0.3) is 0 Å². The van der Waals surface area contributed by atoms with Crippen LogP contribution < -0.4 is 5.32 Å². The molecule has 0 unspecified atom stereocenters. The Bertz CT molecular complexity index is 977. The average Bonchev–Trinajstić information content (AvgIpc) is 2.77. The number of hydrogen-bond donors (Lipinski definition) is 2. The summed E-state index contributed by atoms with van der Waals surface area (Å²) in [6, 6.07) is 30.9. The van der Waals surface area contributed by atoms with Gasteiger partial charge in [0, 0.05) is 0 Å².